The molecule has 122 valence electrons. The summed E-state index contributed by atoms with van der Waals surface area (Å²) < 4.78 is 7.30. The molecule has 0 saturated carbocycles. The standard InChI is InChI=1S/C11H15N9O3/c12-8-7-9(18-10(13)17-8)20(4-15-7)6-1-5(22)11(3-21,23-6)2-16-19-14/h4-6,21-22H,1-3H2,(H4,12,13,17,18)/t5-,6+,11+/m0/s1. The van der Waals surface area contributed by atoms with Crippen LogP contribution < -0.4 is 11.5 Å². The van der Waals surface area contributed by atoms with Crippen LogP contribution in [0.2, 0.25) is 0 Å². The second-order valence-electron chi connectivity index (χ2n) is 5.23. The monoisotopic (exact) mass is 321 g/mol. The van der Waals surface area contributed by atoms with E-state index in [1.54, 1.807) is 4.57 Å². The van der Waals surface area contributed by atoms with Gasteiger partial charge in [0.25, 0.3) is 0 Å². The Balaban J connectivity index is 1.99. The van der Waals surface area contributed by atoms with Gasteiger partial charge in [-0.2, -0.15) is 9.97 Å². The molecule has 23 heavy (non-hydrogen) atoms. The zero-order chi connectivity index (χ0) is 16.6. The zero-order valence-electron chi connectivity index (χ0n) is 11.9. The summed E-state index contributed by atoms with van der Waals surface area (Å²) in [6.07, 6.45) is -0.119. The Kier molecular flexibility index (Phi) is 3.66. The summed E-state index contributed by atoms with van der Waals surface area (Å²) in [5.74, 6) is 0.116. The van der Waals surface area contributed by atoms with E-state index in [4.69, 9.17) is 21.7 Å². The first-order valence-electron chi connectivity index (χ1n) is 6.74. The molecule has 1 saturated heterocycles. The molecule has 0 amide bonds. The van der Waals surface area contributed by atoms with E-state index in [0.717, 1.165) is 0 Å². The molecule has 3 atom stereocenters. The largest absolute Gasteiger partial charge is 0.393 e. The summed E-state index contributed by atoms with van der Waals surface area (Å²) in [5.41, 5.74) is 19.1. The van der Waals surface area contributed by atoms with Crippen molar-refractivity contribution in [1.82, 2.24) is 19.5 Å². The van der Waals surface area contributed by atoms with Gasteiger partial charge in [0.2, 0.25) is 5.95 Å². The number of aromatic nitrogens is 4. The Hall–Kier alpha value is -2.66. The van der Waals surface area contributed by atoms with Gasteiger partial charge >= 0.3 is 0 Å². The Morgan fingerprint density at radius 1 is 1.52 bits per heavy atom. The molecule has 0 spiro atoms. The van der Waals surface area contributed by atoms with Crippen LogP contribution in [0, 0.1) is 0 Å². The third-order valence-corrected chi connectivity index (χ3v) is 3.85. The van der Waals surface area contributed by atoms with E-state index in [1.165, 1.54) is 6.33 Å². The van der Waals surface area contributed by atoms with Crippen molar-refractivity contribution in [2.75, 3.05) is 24.6 Å². The fourth-order valence-corrected chi connectivity index (χ4v) is 2.63. The highest BCUT2D eigenvalue weighted by Gasteiger charge is 2.48. The molecule has 0 aliphatic carbocycles. The molecule has 2 aromatic heterocycles. The van der Waals surface area contributed by atoms with Crippen molar-refractivity contribution >= 4 is 22.9 Å². The van der Waals surface area contributed by atoms with Gasteiger partial charge in [0, 0.05) is 11.3 Å². The van der Waals surface area contributed by atoms with E-state index < -0.39 is 24.5 Å². The van der Waals surface area contributed by atoms with E-state index in [0.29, 0.717) is 11.2 Å². The van der Waals surface area contributed by atoms with Crippen LogP contribution in [0.3, 0.4) is 0 Å². The smallest absolute Gasteiger partial charge is 0.224 e. The Bertz CT molecular complexity index is 786. The van der Waals surface area contributed by atoms with Crippen LogP contribution in [0.4, 0.5) is 11.8 Å². The molecule has 12 heteroatoms. The lowest BCUT2D eigenvalue weighted by atomic mass is 9.98. The number of hydrogen-bond donors (Lipinski definition) is 4. The summed E-state index contributed by atoms with van der Waals surface area (Å²) in [6, 6.07) is 0. The van der Waals surface area contributed by atoms with Crippen molar-refractivity contribution in [3.05, 3.63) is 16.8 Å². The summed E-state index contributed by atoms with van der Waals surface area (Å²) in [6.45, 7) is -0.709. The van der Waals surface area contributed by atoms with Gasteiger partial charge in [-0.15, -0.1) is 0 Å². The number of nitrogens with two attached hydrogens (primary N) is 2. The Morgan fingerprint density at radius 2 is 2.30 bits per heavy atom. The quantitative estimate of drug-likeness (QED) is 0.322. The van der Waals surface area contributed by atoms with Crippen LogP contribution in [0.5, 0.6) is 0 Å². The lowest BCUT2D eigenvalue weighted by Gasteiger charge is -2.28. The predicted molar refractivity (Wildman–Crippen MR) is 78.7 cm³/mol. The topological polar surface area (TPSA) is 194 Å². The second-order valence-corrected chi connectivity index (χ2v) is 5.23. The second kappa shape index (κ2) is 5.52. The minimum atomic E-state index is -1.38. The molecule has 3 rings (SSSR count). The third kappa shape index (κ3) is 2.39. The first-order valence-corrected chi connectivity index (χ1v) is 6.74. The maximum absolute atomic E-state index is 10.2. The number of imidazole rings is 1. The summed E-state index contributed by atoms with van der Waals surface area (Å²) in [5, 5.41) is 23.2. The fraction of sp³-hybridized carbons (Fsp3) is 0.545. The SMILES string of the molecule is [N-]=[N+]=NC[C@]1(CO)O[C@@H](n2cnc3c(N)nc(N)nc32)C[C@@H]1O. The molecule has 0 radical (unpaired) electrons. The van der Waals surface area contributed by atoms with Crippen LogP contribution >= 0.6 is 0 Å². The number of nitrogens with zero attached hydrogens (tertiary/aromatic N) is 7. The van der Waals surface area contributed by atoms with Crippen molar-refractivity contribution in [2.45, 2.75) is 24.4 Å². The minimum absolute atomic E-state index is 0.0159. The van der Waals surface area contributed by atoms with Gasteiger partial charge in [0.1, 0.15) is 17.3 Å². The van der Waals surface area contributed by atoms with Crippen LogP contribution in [0.25, 0.3) is 21.6 Å². The molecule has 1 aliphatic rings. The van der Waals surface area contributed by atoms with Gasteiger partial charge in [0.15, 0.2) is 11.5 Å². The molecule has 6 N–H and O–H groups in total. The Morgan fingerprint density at radius 3 is 3.00 bits per heavy atom. The zero-order valence-corrected chi connectivity index (χ0v) is 11.9. The number of rotatable bonds is 4. The van der Waals surface area contributed by atoms with E-state index in [2.05, 4.69) is 25.0 Å². The van der Waals surface area contributed by atoms with Gasteiger partial charge in [0.05, 0.1) is 25.6 Å². The van der Waals surface area contributed by atoms with E-state index in [1.807, 2.05) is 0 Å². The molecule has 1 fully saturated rings. The van der Waals surface area contributed by atoms with E-state index in [-0.39, 0.29) is 24.7 Å². The third-order valence-electron chi connectivity index (χ3n) is 3.85. The lowest BCUT2D eigenvalue weighted by molar-refractivity contribution is -0.120. The highest BCUT2D eigenvalue weighted by molar-refractivity contribution is 5.82. The number of anilines is 2. The first-order chi connectivity index (χ1) is 11.0. The molecule has 0 aromatic carbocycles. The number of fused-ring (bicyclic) bond motifs is 1. The molecule has 0 bridgehead atoms. The number of azide groups is 1. The minimum Gasteiger partial charge on any atom is -0.393 e. The average Bonchev–Trinajstić information content (AvgIpc) is 3.07. The summed E-state index contributed by atoms with van der Waals surface area (Å²) in [7, 11) is 0. The van der Waals surface area contributed by atoms with Gasteiger partial charge in [-0.05, 0) is 5.53 Å². The molecular formula is C11H15N9O3. The first kappa shape index (κ1) is 15.2. The van der Waals surface area contributed by atoms with Crippen molar-refractivity contribution in [3.63, 3.8) is 0 Å². The van der Waals surface area contributed by atoms with Crippen LogP contribution in [0.15, 0.2) is 11.4 Å². The molecular weight excluding hydrogens is 306 g/mol. The molecule has 0 unspecified atom stereocenters. The van der Waals surface area contributed by atoms with Gasteiger partial charge < -0.3 is 26.4 Å². The van der Waals surface area contributed by atoms with Gasteiger partial charge in [-0.3, -0.25) is 4.57 Å². The normalized spacial score (nSPS) is 27.2. The van der Waals surface area contributed by atoms with Crippen LogP contribution in [0.1, 0.15) is 12.6 Å². The number of aliphatic hydroxyl groups is 2. The fourth-order valence-electron chi connectivity index (χ4n) is 2.63. The highest BCUT2D eigenvalue weighted by Crippen LogP contribution is 2.38. The molecule has 12 nitrogen and oxygen atoms in total. The molecule has 2 aromatic rings. The van der Waals surface area contributed by atoms with E-state index >= 15 is 0 Å². The van der Waals surface area contributed by atoms with Crippen LogP contribution in [-0.4, -0.2) is 54.6 Å². The highest BCUT2D eigenvalue weighted by atomic mass is 16.6. The number of nitrogen functional groups attached to an aromatic ring is 2. The lowest BCUT2D eigenvalue weighted by Crippen LogP contribution is -2.46. The molecule has 1 aliphatic heterocycles. The van der Waals surface area contributed by atoms with Crippen molar-refractivity contribution in [3.8, 4) is 0 Å². The van der Waals surface area contributed by atoms with Gasteiger partial charge in [-0.1, -0.05) is 5.11 Å². The van der Waals surface area contributed by atoms with Crippen molar-refractivity contribution in [1.29, 1.82) is 0 Å². The van der Waals surface area contributed by atoms with E-state index in [9.17, 15) is 10.2 Å². The summed E-state index contributed by atoms with van der Waals surface area (Å²) >= 11 is 0. The van der Waals surface area contributed by atoms with Crippen molar-refractivity contribution in [2.24, 2.45) is 5.11 Å². The Labute approximate surface area is 129 Å². The maximum atomic E-state index is 10.2. The van der Waals surface area contributed by atoms with Crippen molar-refractivity contribution < 1.29 is 14.9 Å². The predicted octanol–water partition coefficient (Wildman–Crippen LogP) is -0.688. The average molecular weight is 321 g/mol. The summed E-state index contributed by atoms with van der Waals surface area (Å²) in [4.78, 5) is 14.7. The number of ether oxygens (including phenoxy) is 1. The van der Waals surface area contributed by atoms with Gasteiger partial charge in [-0.25, -0.2) is 4.98 Å². The number of hydrogen-bond acceptors (Lipinski definition) is 9. The molecule has 3 heterocycles. The number of aliphatic hydroxyl groups excluding tert-OH is 2. The maximum Gasteiger partial charge on any atom is 0.224 e. The van der Waals surface area contributed by atoms with Crippen LogP contribution in [-0.2, 0) is 4.74 Å².